The topological polar surface area (TPSA) is 63.7 Å². The highest BCUT2D eigenvalue weighted by atomic mass is 32.2. The van der Waals surface area contributed by atoms with Crippen molar-refractivity contribution in [3.8, 4) is 5.75 Å². The van der Waals surface area contributed by atoms with E-state index in [9.17, 15) is 13.2 Å². The van der Waals surface area contributed by atoms with E-state index in [0.29, 0.717) is 5.75 Å². The summed E-state index contributed by atoms with van der Waals surface area (Å²) in [4.78, 5) is 12.8. The van der Waals surface area contributed by atoms with Crippen LogP contribution in [0.3, 0.4) is 0 Å². The van der Waals surface area contributed by atoms with E-state index >= 15 is 0 Å². The van der Waals surface area contributed by atoms with Crippen LogP contribution in [0.1, 0.15) is 6.92 Å². The van der Waals surface area contributed by atoms with E-state index in [4.69, 9.17) is 4.74 Å². The Labute approximate surface area is 106 Å². The van der Waals surface area contributed by atoms with Gasteiger partial charge < -0.3 is 9.64 Å². The average molecular weight is 269 g/mol. The Hall–Kier alpha value is -1.56. The van der Waals surface area contributed by atoms with E-state index in [1.165, 1.54) is 31.1 Å². The van der Waals surface area contributed by atoms with E-state index in [0.717, 1.165) is 0 Å². The lowest BCUT2D eigenvalue weighted by molar-refractivity contribution is -0.131. The Balaban J connectivity index is 2.14. The molecule has 0 N–H and O–H groups in total. The maximum absolute atomic E-state index is 12.2. The van der Waals surface area contributed by atoms with Gasteiger partial charge in [0.25, 0.3) is 0 Å². The number of benzene rings is 1. The van der Waals surface area contributed by atoms with Crippen molar-refractivity contribution < 1.29 is 17.9 Å². The van der Waals surface area contributed by atoms with Gasteiger partial charge in [0, 0.05) is 20.0 Å². The Kier molecular flexibility index (Phi) is 3.30. The first-order chi connectivity index (χ1) is 8.45. The molecule has 0 saturated carbocycles. The third kappa shape index (κ3) is 2.20. The summed E-state index contributed by atoms with van der Waals surface area (Å²) >= 11 is 0. The molecular formula is C12H15NO4S. The highest BCUT2D eigenvalue weighted by molar-refractivity contribution is 7.92. The molecule has 1 aliphatic rings. The number of hydrogen-bond donors (Lipinski definition) is 0. The summed E-state index contributed by atoms with van der Waals surface area (Å²) in [6.45, 7) is 2.00. The predicted molar refractivity (Wildman–Crippen MR) is 66.2 cm³/mol. The Morgan fingerprint density at radius 2 is 1.83 bits per heavy atom. The monoisotopic (exact) mass is 269 g/mol. The molecule has 1 heterocycles. The summed E-state index contributed by atoms with van der Waals surface area (Å²) in [5.41, 5.74) is 0. The van der Waals surface area contributed by atoms with Gasteiger partial charge in [0.1, 0.15) is 11.0 Å². The van der Waals surface area contributed by atoms with Crippen LogP contribution < -0.4 is 4.74 Å². The molecule has 5 nitrogen and oxygen atoms in total. The number of sulfone groups is 1. The summed E-state index contributed by atoms with van der Waals surface area (Å²) in [6, 6.07) is 6.30. The van der Waals surface area contributed by atoms with Gasteiger partial charge in [0.2, 0.25) is 5.91 Å². The molecule has 2 rings (SSSR count). The predicted octanol–water partition coefficient (Wildman–Crippen LogP) is 0.700. The quantitative estimate of drug-likeness (QED) is 0.810. The fourth-order valence-corrected chi connectivity index (χ4v) is 3.50. The number of carbonyl (C=O) groups is 1. The first-order valence-corrected chi connectivity index (χ1v) is 7.13. The zero-order valence-electron chi connectivity index (χ0n) is 10.3. The second-order valence-corrected chi connectivity index (χ2v) is 6.49. The zero-order chi connectivity index (χ0) is 13.3. The van der Waals surface area contributed by atoms with E-state index < -0.39 is 15.1 Å². The van der Waals surface area contributed by atoms with Crippen molar-refractivity contribution in [2.24, 2.45) is 0 Å². The fraction of sp³-hybridized carbons (Fsp3) is 0.417. The number of hydrogen-bond acceptors (Lipinski definition) is 4. The number of rotatable bonds is 3. The number of amides is 1. The van der Waals surface area contributed by atoms with Gasteiger partial charge in [0.15, 0.2) is 9.84 Å². The normalized spacial score (nSPS) is 16.2. The first-order valence-electron chi connectivity index (χ1n) is 5.58. The van der Waals surface area contributed by atoms with Gasteiger partial charge in [-0.05, 0) is 24.3 Å². The van der Waals surface area contributed by atoms with Crippen LogP contribution in [-0.4, -0.2) is 44.7 Å². The molecule has 1 aliphatic heterocycles. The Bertz CT molecular complexity index is 544. The molecular weight excluding hydrogens is 254 g/mol. The molecule has 1 saturated heterocycles. The van der Waals surface area contributed by atoms with Crippen LogP contribution in [0.5, 0.6) is 5.75 Å². The number of nitrogens with zero attached hydrogens (tertiary/aromatic N) is 1. The fourth-order valence-electron chi connectivity index (χ4n) is 1.85. The highest BCUT2D eigenvalue weighted by Gasteiger charge is 2.39. The number of ether oxygens (including phenoxy) is 1. The molecule has 18 heavy (non-hydrogen) atoms. The molecule has 0 aromatic heterocycles. The van der Waals surface area contributed by atoms with Crippen molar-refractivity contribution >= 4 is 15.7 Å². The molecule has 0 bridgehead atoms. The minimum absolute atomic E-state index is 0.0869. The number of methoxy groups -OCH3 is 1. The van der Waals surface area contributed by atoms with E-state index in [-0.39, 0.29) is 23.9 Å². The molecule has 1 aromatic carbocycles. The van der Waals surface area contributed by atoms with Crippen molar-refractivity contribution in [3.63, 3.8) is 0 Å². The largest absolute Gasteiger partial charge is 0.497 e. The van der Waals surface area contributed by atoms with Crippen molar-refractivity contribution in [3.05, 3.63) is 24.3 Å². The van der Waals surface area contributed by atoms with Crippen molar-refractivity contribution in [2.45, 2.75) is 17.1 Å². The van der Waals surface area contributed by atoms with Gasteiger partial charge in [-0.1, -0.05) is 0 Å². The maximum Gasteiger partial charge on any atom is 0.219 e. The van der Waals surface area contributed by atoms with E-state index in [1.807, 2.05) is 0 Å². The Morgan fingerprint density at radius 1 is 1.28 bits per heavy atom. The molecule has 0 unspecified atom stereocenters. The molecule has 1 fully saturated rings. The summed E-state index contributed by atoms with van der Waals surface area (Å²) < 4.78 is 29.4. The summed E-state index contributed by atoms with van der Waals surface area (Å²) in [5, 5.41) is -0.491. The Morgan fingerprint density at radius 3 is 2.28 bits per heavy atom. The van der Waals surface area contributed by atoms with Gasteiger partial charge in [-0.3, -0.25) is 4.79 Å². The van der Waals surface area contributed by atoms with Crippen LogP contribution in [0.2, 0.25) is 0 Å². The SMILES string of the molecule is COc1ccc(S(=O)(=O)C2CN(C(C)=O)C2)cc1. The van der Waals surface area contributed by atoms with Crippen molar-refractivity contribution in [2.75, 3.05) is 20.2 Å². The lowest BCUT2D eigenvalue weighted by Crippen LogP contribution is -2.56. The second-order valence-electron chi connectivity index (χ2n) is 4.27. The van der Waals surface area contributed by atoms with Gasteiger partial charge >= 0.3 is 0 Å². The van der Waals surface area contributed by atoms with Gasteiger partial charge in [0.05, 0.1) is 12.0 Å². The molecule has 0 radical (unpaired) electrons. The first kappa shape index (κ1) is 12.9. The molecule has 1 amide bonds. The lowest BCUT2D eigenvalue weighted by Gasteiger charge is -2.37. The average Bonchev–Trinajstić information content (AvgIpc) is 2.26. The molecule has 0 spiro atoms. The van der Waals surface area contributed by atoms with E-state index in [2.05, 4.69) is 0 Å². The smallest absolute Gasteiger partial charge is 0.219 e. The number of carbonyl (C=O) groups excluding carboxylic acids is 1. The van der Waals surface area contributed by atoms with Gasteiger partial charge in [-0.25, -0.2) is 8.42 Å². The van der Waals surface area contributed by atoms with Crippen molar-refractivity contribution in [1.29, 1.82) is 0 Å². The van der Waals surface area contributed by atoms with Crippen LogP contribution in [0.25, 0.3) is 0 Å². The summed E-state index contributed by atoms with van der Waals surface area (Å²) in [6.07, 6.45) is 0. The molecule has 0 atom stereocenters. The van der Waals surface area contributed by atoms with Gasteiger partial charge in [-0.15, -0.1) is 0 Å². The summed E-state index contributed by atoms with van der Waals surface area (Å²) in [7, 11) is -1.82. The standard InChI is InChI=1S/C12H15NO4S/c1-9(14)13-7-12(8-13)18(15,16)11-5-3-10(17-2)4-6-11/h3-6,12H,7-8H2,1-2H3. The van der Waals surface area contributed by atoms with Crippen molar-refractivity contribution in [1.82, 2.24) is 4.90 Å². The van der Waals surface area contributed by atoms with Crippen LogP contribution in [0.4, 0.5) is 0 Å². The molecule has 98 valence electrons. The van der Waals surface area contributed by atoms with Crippen LogP contribution >= 0.6 is 0 Å². The van der Waals surface area contributed by atoms with Crippen LogP contribution in [0, 0.1) is 0 Å². The minimum atomic E-state index is -3.34. The second kappa shape index (κ2) is 4.61. The van der Waals surface area contributed by atoms with E-state index in [1.54, 1.807) is 12.1 Å². The lowest BCUT2D eigenvalue weighted by atomic mass is 10.2. The number of likely N-dealkylation sites (tertiary alicyclic amines) is 1. The molecule has 0 aliphatic carbocycles. The maximum atomic E-state index is 12.2. The van der Waals surface area contributed by atoms with Gasteiger partial charge in [-0.2, -0.15) is 0 Å². The summed E-state index contributed by atoms with van der Waals surface area (Å²) in [5.74, 6) is 0.532. The highest BCUT2D eigenvalue weighted by Crippen LogP contribution is 2.25. The third-order valence-electron chi connectivity index (χ3n) is 3.12. The molecule has 6 heteroatoms. The van der Waals surface area contributed by atoms with Crippen LogP contribution in [-0.2, 0) is 14.6 Å². The third-order valence-corrected chi connectivity index (χ3v) is 5.23. The zero-order valence-corrected chi connectivity index (χ0v) is 11.1. The molecule has 1 aromatic rings. The van der Waals surface area contributed by atoms with Crippen LogP contribution in [0.15, 0.2) is 29.2 Å². The minimum Gasteiger partial charge on any atom is -0.497 e.